The number of likely N-dealkylation sites (tertiary alicyclic amines) is 1. The lowest BCUT2D eigenvalue weighted by Gasteiger charge is -2.40. The van der Waals surface area contributed by atoms with Gasteiger partial charge in [0.15, 0.2) is 5.79 Å². The highest BCUT2D eigenvalue weighted by atomic mass is 16.7. The zero-order chi connectivity index (χ0) is 14.8. The van der Waals surface area contributed by atoms with Crippen LogP contribution in [0.25, 0.3) is 0 Å². The van der Waals surface area contributed by atoms with Crippen molar-refractivity contribution in [3.05, 3.63) is 0 Å². The summed E-state index contributed by atoms with van der Waals surface area (Å²) in [5.74, 6) is -0.254. The van der Waals surface area contributed by atoms with Crippen molar-refractivity contribution in [1.82, 2.24) is 10.2 Å². The molecule has 5 heteroatoms. The quantitative estimate of drug-likeness (QED) is 0.850. The summed E-state index contributed by atoms with van der Waals surface area (Å²) < 4.78 is 11.4. The maximum absolute atomic E-state index is 12.3. The van der Waals surface area contributed by atoms with Gasteiger partial charge in [-0.05, 0) is 27.2 Å². The van der Waals surface area contributed by atoms with E-state index in [0.717, 1.165) is 32.4 Å². The van der Waals surface area contributed by atoms with Crippen LogP contribution in [0.3, 0.4) is 0 Å². The smallest absolute Gasteiger partial charge is 0.237 e. The van der Waals surface area contributed by atoms with E-state index in [9.17, 15) is 4.79 Å². The van der Waals surface area contributed by atoms with E-state index in [4.69, 9.17) is 9.47 Å². The van der Waals surface area contributed by atoms with Gasteiger partial charge in [0, 0.05) is 31.5 Å². The van der Waals surface area contributed by atoms with Crippen molar-refractivity contribution in [2.75, 3.05) is 26.3 Å². The number of amides is 1. The molecule has 2 rings (SSSR count). The Balaban J connectivity index is 1.85. The number of nitrogens with zero attached hydrogens (tertiary/aromatic N) is 1. The van der Waals surface area contributed by atoms with Gasteiger partial charge >= 0.3 is 0 Å². The average Bonchev–Trinajstić information content (AvgIpc) is 2.87. The van der Waals surface area contributed by atoms with Gasteiger partial charge in [0.25, 0.3) is 0 Å². The third-order valence-electron chi connectivity index (χ3n) is 4.65. The fraction of sp³-hybridized carbons (Fsp3) is 0.933. The van der Waals surface area contributed by atoms with Crippen molar-refractivity contribution in [2.45, 2.75) is 64.3 Å². The first-order valence-electron chi connectivity index (χ1n) is 7.71. The van der Waals surface area contributed by atoms with Crippen LogP contribution in [0.4, 0.5) is 0 Å². The zero-order valence-electron chi connectivity index (χ0n) is 13.2. The Morgan fingerprint density at radius 2 is 1.85 bits per heavy atom. The van der Waals surface area contributed by atoms with E-state index in [-0.39, 0.29) is 23.3 Å². The molecule has 5 nitrogen and oxygen atoms in total. The Morgan fingerprint density at radius 3 is 2.35 bits per heavy atom. The fourth-order valence-corrected chi connectivity index (χ4v) is 2.73. The Labute approximate surface area is 122 Å². The van der Waals surface area contributed by atoms with Crippen molar-refractivity contribution < 1.29 is 14.3 Å². The molecule has 2 saturated heterocycles. The number of nitrogens with one attached hydrogen (secondary N) is 1. The summed E-state index contributed by atoms with van der Waals surface area (Å²) in [6, 6.07) is -0.0976. The maximum atomic E-state index is 12.3. The van der Waals surface area contributed by atoms with Gasteiger partial charge in [-0.3, -0.25) is 9.69 Å². The number of hydrogen-bond donors (Lipinski definition) is 1. The molecule has 2 heterocycles. The first-order chi connectivity index (χ1) is 9.37. The molecule has 20 heavy (non-hydrogen) atoms. The van der Waals surface area contributed by atoms with E-state index >= 15 is 0 Å². The molecular formula is C15H28N2O3. The Hall–Kier alpha value is -0.650. The minimum absolute atomic E-state index is 0.0976. The first kappa shape index (κ1) is 15.7. The molecule has 1 amide bonds. The van der Waals surface area contributed by atoms with Crippen LogP contribution in [-0.2, 0) is 14.3 Å². The second-order valence-corrected chi connectivity index (χ2v) is 6.55. The van der Waals surface area contributed by atoms with Gasteiger partial charge in [0.2, 0.25) is 5.91 Å². The SMILES string of the molecule is CCC(C)(C)NC(=O)C(C)N1CCC2(CC1)OCCO2. The molecule has 1 unspecified atom stereocenters. The zero-order valence-corrected chi connectivity index (χ0v) is 13.2. The van der Waals surface area contributed by atoms with E-state index in [1.807, 2.05) is 6.92 Å². The molecule has 2 aliphatic heterocycles. The summed E-state index contributed by atoms with van der Waals surface area (Å²) in [7, 11) is 0. The van der Waals surface area contributed by atoms with E-state index in [0.29, 0.717) is 13.2 Å². The van der Waals surface area contributed by atoms with Gasteiger partial charge in [-0.2, -0.15) is 0 Å². The van der Waals surface area contributed by atoms with Gasteiger partial charge in [-0.15, -0.1) is 0 Å². The molecule has 1 atom stereocenters. The van der Waals surface area contributed by atoms with E-state index in [1.54, 1.807) is 0 Å². The molecule has 0 bridgehead atoms. The Bertz CT molecular complexity index is 341. The third-order valence-corrected chi connectivity index (χ3v) is 4.65. The lowest BCUT2D eigenvalue weighted by Crippen LogP contribution is -2.55. The van der Waals surface area contributed by atoms with Gasteiger partial charge in [-0.1, -0.05) is 6.92 Å². The van der Waals surface area contributed by atoms with Crippen molar-refractivity contribution in [3.8, 4) is 0 Å². The molecule has 0 saturated carbocycles. The van der Waals surface area contributed by atoms with Gasteiger partial charge in [0.1, 0.15) is 0 Å². The summed E-state index contributed by atoms with van der Waals surface area (Å²) in [5, 5.41) is 3.12. The lowest BCUT2D eigenvalue weighted by molar-refractivity contribution is -0.188. The van der Waals surface area contributed by atoms with Crippen molar-refractivity contribution in [2.24, 2.45) is 0 Å². The topological polar surface area (TPSA) is 50.8 Å². The van der Waals surface area contributed by atoms with Crippen LogP contribution in [0.5, 0.6) is 0 Å². The second-order valence-electron chi connectivity index (χ2n) is 6.55. The van der Waals surface area contributed by atoms with Crippen molar-refractivity contribution in [3.63, 3.8) is 0 Å². The summed E-state index contributed by atoms with van der Waals surface area (Å²) in [6.45, 7) is 11.3. The number of ether oxygens (including phenoxy) is 2. The summed E-state index contributed by atoms with van der Waals surface area (Å²) >= 11 is 0. The van der Waals surface area contributed by atoms with Crippen LogP contribution in [0.2, 0.25) is 0 Å². The highest BCUT2D eigenvalue weighted by Crippen LogP contribution is 2.31. The molecule has 0 aromatic rings. The normalized spacial score (nSPS) is 24.8. The largest absolute Gasteiger partial charge is 0.350 e. The summed E-state index contributed by atoms with van der Waals surface area (Å²) in [6.07, 6.45) is 2.62. The molecule has 2 fully saturated rings. The van der Waals surface area contributed by atoms with E-state index in [2.05, 4.69) is 31.0 Å². The predicted molar refractivity (Wildman–Crippen MR) is 77.4 cm³/mol. The van der Waals surface area contributed by atoms with Crippen LogP contribution < -0.4 is 5.32 Å². The molecule has 1 spiro atoms. The second kappa shape index (κ2) is 6.00. The average molecular weight is 284 g/mol. The molecule has 0 aliphatic carbocycles. The highest BCUT2D eigenvalue weighted by molar-refractivity contribution is 5.82. The van der Waals surface area contributed by atoms with Crippen LogP contribution in [0, 0.1) is 0 Å². The van der Waals surface area contributed by atoms with Gasteiger partial charge < -0.3 is 14.8 Å². The number of carbonyl (C=O) groups excluding carboxylic acids is 1. The number of carbonyl (C=O) groups is 1. The summed E-state index contributed by atoms with van der Waals surface area (Å²) in [5.41, 5.74) is -0.139. The third kappa shape index (κ3) is 3.51. The van der Waals surface area contributed by atoms with Gasteiger partial charge in [0.05, 0.1) is 19.3 Å². The number of rotatable bonds is 4. The predicted octanol–water partition coefficient (Wildman–Crippen LogP) is 1.52. The van der Waals surface area contributed by atoms with E-state index < -0.39 is 0 Å². The minimum atomic E-state index is -0.366. The molecular weight excluding hydrogens is 256 g/mol. The lowest BCUT2D eigenvalue weighted by atomic mass is 9.99. The fourth-order valence-electron chi connectivity index (χ4n) is 2.73. The first-order valence-corrected chi connectivity index (χ1v) is 7.71. The molecule has 2 aliphatic rings. The maximum Gasteiger partial charge on any atom is 0.237 e. The van der Waals surface area contributed by atoms with E-state index in [1.165, 1.54) is 0 Å². The Kier molecular flexibility index (Phi) is 4.72. The summed E-state index contributed by atoms with van der Waals surface area (Å²) in [4.78, 5) is 14.5. The van der Waals surface area contributed by atoms with Crippen LogP contribution in [-0.4, -0.2) is 54.5 Å². The van der Waals surface area contributed by atoms with Gasteiger partial charge in [-0.25, -0.2) is 0 Å². The van der Waals surface area contributed by atoms with Crippen LogP contribution in [0.1, 0.15) is 47.0 Å². The standard InChI is InChI=1S/C15H28N2O3/c1-5-14(3,4)16-13(18)12(2)17-8-6-15(7-9-17)19-10-11-20-15/h12H,5-11H2,1-4H3,(H,16,18). The molecule has 1 N–H and O–H groups in total. The molecule has 0 aromatic carbocycles. The highest BCUT2D eigenvalue weighted by Gasteiger charge is 2.41. The number of piperidine rings is 1. The minimum Gasteiger partial charge on any atom is -0.350 e. The molecule has 0 radical (unpaired) electrons. The van der Waals surface area contributed by atoms with Crippen LogP contribution in [0.15, 0.2) is 0 Å². The Morgan fingerprint density at radius 1 is 1.30 bits per heavy atom. The molecule has 0 aromatic heterocycles. The molecule has 116 valence electrons. The number of hydrogen-bond acceptors (Lipinski definition) is 4. The van der Waals surface area contributed by atoms with Crippen molar-refractivity contribution >= 4 is 5.91 Å². The van der Waals surface area contributed by atoms with Crippen LogP contribution >= 0.6 is 0 Å². The monoisotopic (exact) mass is 284 g/mol. The van der Waals surface area contributed by atoms with Crippen molar-refractivity contribution in [1.29, 1.82) is 0 Å².